The second kappa shape index (κ2) is 7.40. The minimum atomic E-state index is 0.765. The summed E-state index contributed by atoms with van der Waals surface area (Å²) in [5.41, 5.74) is 0. The first kappa shape index (κ1) is 13.4. The average molecular weight is 272 g/mol. The molecule has 0 N–H and O–H groups in total. The third-order valence-corrected chi connectivity index (χ3v) is 4.79. The summed E-state index contributed by atoms with van der Waals surface area (Å²) in [4.78, 5) is 4.12. The smallest absolute Gasteiger partial charge is 0.0351 e. The van der Waals surface area contributed by atoms with E-state index in [1.807, 2.05) is 11.3 Å². The van der Waals surface area contributed by atoms with Crippen molar-refractivity contribution in [1.82, 2.24) is 4.90 Å². The highest BCUT2D eigenvalue weighted by Crippen LogP contribution is 2.23. The van der Waals surface area contributed by atoms with Crippen molar-refractivity contribution in [3.8, 4) is 0 Å². The van der Waals surface area contributed by atoms with E-state index in [1.165, 1.54) is 49.9 Å². The van der Waals surface area contributed by atoms with Crippen LogP contribution in [0.4, 0.5) is 0 Å². The molecule has 0 amide bonds. The zero-order valence-corrected chi connectivity index (χ0v) is 12.0. The summed E-state index contributed by atoms with van der Waals surface area (Å²) in [5.74, 6) is 0.765. The predicted octanol–water partition coefficient (Wildman–Crippen LogP) is 4.16. The molecule has 0 aromatic carbocycles. The molecule has 0 aliphatic heterocycles. The topological polar surface area (TPSA) is 3.24 Å². The Morgan fingerprint density at radius 2 is 2.06 bits per heavy atom. The molecule has 0 unspecified atom stereocenters. The summed E-state index contributed by atoms with van der Waals surface area (Å²) < 4.78 is 0. The van der Waals surface area contributed by atoms with Gasteiger partial charge in [-0.2, -0.15) is 0 Å². The molecular weight excluding hydrogens is 250 g/mol. The lowest BCUT2D eigenvalue weighted by atomic mass is 9.94. The molecule has 3 heteroatoms. The third-order valence-electron chi connectivity index (χ3n) is 3.69. The maximum absolute atomic E-state index is 5.94. The summed E-state index contributed by atoms with van der Waals surface area (Å²) in [7, 11) is 0. The fourth-order valence-corrected chi connectivity index (χ4v) is 3.66. The van der Waals surface area contributed by atoms with Gasteiger partial charge < -0.3 is 0 Å². The molecule has 1 heterocycles. The standard InChI is InChI=1S/C14H22ClNS/c15-9-11-16(13-5-2-1-3-6-13)10-8-14-7-4-12-17-14/h4,7,12-13H,1-3,5-6,8-11H2. The average Bonchev–Trinajstić information content (AvgIpc) is 2.88. The van der Waals surface area contributed by atoms with Gasteiger partial charge in [-0.15, -0.1) is 22.9 Å². The summed E-state index contributed by atoms with van der Waals surface area (Å²) in [6.07, 6.45) is 8.18. The Morgan fingerprint density at radius 3 is 2.71 bits per heavy atom. The van der Waals surface area contributed by atoms with Crippen LogP contribution in [0, 0.1) is 0 Å². The van der Waals surface area contributed by atoms with Crippen molar-refractivity contribution >= 4 is 22.9 Å². The molecule has 0 bridgehead atoms. The van der Waals surface area contributed by atoms with Gasteiger partial charge in [0.1, 0.15) is 0 Å². The Morgan fingerprint density at radius 1 is 1.24 bits per heavy atom. The summed E-state index contributed by atoms with van der Waals surface area (Å²) >= 11 is 7.81. The van der Waals surface area contributed by atoms with Crippen LogP contribution in [0.5, 0.6) is 0 Å². The van der Waals surface area contributed by atoms with Gasteiger partial charge in [-0.3, -0.25) is 4.90 Å². The first-order chi connectivity index (χ1) is 8.40. The van der Waals surface area contributed by atoms with Gasteiger partial charge in [0.25, 0.3) is 0 Å². The molecule has 0 spiro atoms. The molecule has 1 fully saturated rings. The fraction of sp³-hybridized carbons (Fsp3) is 0.714. The lowest BCUT2D eigenvalue weighted by Crippen LogP contribution is -2.39. The van der Waals surface area contributed by atoms with Crippen molar-refractivity contribution in [1.29, 1.82) is 0 Å². The lowest BCUT2D eigenvalue weighted by Gasteiger charge is -2.33. The van der Waals surface area contributed by atoms with E-state index in [4.69, 9.17) is 11.6 Å². The van der Waals surface area contributed by atoms with E-state index in [0.717, 1.165) is 18.5 Å². The van der Waals surface area contributed by atoms with E-state index in [1.54, 1.807) is 0 Å². The zero-order chi connectivity index (χ0) is 11.9. The Hall–Kier alpha value is -0.0500. The maximum atomic E-state index is 5.94. The van der Waals surface area contributed by atoms with E-state index in [0.29, 0.717) is 0 Å². The van der Waals surface area contributed by atoms with Crippen LogP contribution in [-0.2, 0) is 6.42 Å². The molecule has 0 saturated heterocycles. The molecule has 1 saturated carbocycles. The molecule has 17 heavy (non-hydrogen) atoms. The van der Waals surface area contributed by atoms with Gasteiger partial charge >= 0.3 is 0 Å². The van der Waals surface area contributed by atoms with Crippen LogP contribution in [-0.4, -0.2) is 29.9 Å². The van der Waals surface area contributed by atoms with Crippen molar-refractivity contribution in [3.63, 3.8) is 0 Å². The molecular formula is C14H22ClNS. The molecule has 0 radical (unpaired) electrons. The summed E-state index contributed by atoms with van der Waals surface area (Å²) in [6, 6.07) is 5.18. The van der Waals surface area contributed by atoms with Gasteiger partial charge in [0.15, 0.2) is 0 Å². The fourth-order valence-electron chi connectivity index (χ4n) is 2.74. The number of hydrogen-bond donors (Lipinski definition) is 0. The third kappa shape index (κ3) is 4.27. The minimum absolute atomic E-state index is 0.765. The van der Waals surface area contributed by atoms with Crippen LogP contribution in [0.2, 0.25) is 0 Å². The van der Waals surface area contributed by atoms with Gasteiger partial charge in [0, 0.05) is 29.9 Å². The number of nitrogens with zero attached hydrogens (tertiary/aromatic N) is 1. The summed E-state index contributed by atoms with van der Waals surface area (Å²) in [5, 5.41) is 2.17. The molecule has 1 aliphatic rings. The number of halogens is 1. The highest BCUT2D eigenvalue weighted by atomic mass is 35.5. The van der Waals surface area contributed by atoms with Gasteiger partial charge in [0.2, 0.25) is 0 Å². The largest absolute Gasteiger partial charge is 0.299 e. The van der Waals surface area contributed by atoms with Gasteiger partial charge in [-0.25, -0.2) is 0 Å². The maximum Gasteiger partial charge on any atom is 0.0351 e. The second-order valence-electron chi connectivity index (χ2n) is 4.85. The highest BCUT2D eigenvalue weighted by molar-refractivity contribution is 7.09. The predicted molar refractivity (Wildman–Crippen MR) is 77.2 cm³/mol. The first-order valence-electron chi connectivity index (χ1n) is 6.72. The van der Waals surface area contributed by atoms with E-state index >= 15 is 0 Å². The molecule has 1 aliphatic carbocycles. The molecule has 2 rings (SSSR count). The number of alkyl halides is 1. The highest BCUT2D eigenvalue weighted by Gasteiger charge is 2.20. The molecule has 0 atom stereocenters. The van der Waals surface area contributed by atoms with Crippen molar-refractivity contribution in [2.24, 2.45) is 0 Å². The van der Waals surface area contributed by atoms with Crippen molar-refractivity contribution in [2.45, 2.75) is 44.6 Å². The van der Waals surface area contributed by atoms with Crippen LogP contribution < -0.4 is 0 Å². The van der Waals surface area contributed by atoms with Gasteiger partial charge in [0.05, 0.1) is 0 Å². The number of thiophene rings is 1. The van der Waals surface area contributed by atoms with Crippen LogP contribution in [0.15, 0.2) is 17.5 Å². The number of rotatable bonds is 6. The van der Waals surface area contributed by atoms with Crippen molar-refractivity contribution in [3.05, 3.63) is 22.4 Å². The van der Waals surface area contributed by atoms with E-state index in [-0.39, 0.29) is 0 Å². The SMILES string of the molecule is ClCCN(CCc1cccs1)C1CCCCC1. The first-order valence-corrected chi connectivity index (χ1v) is 8.14. The van der Waals surface area contributed by atoms with Gasteiger partial charge in [-0.05, 0) is 30.7 Å². The normalized spacial score (nSPS) is 17.8. The second-order valence-corrected chi connectivity index (χ2v) is 6.26. The zero-order valence-electron chi connectivity index (χ0n) is 10.4. The lowest BCUT2D eigenvalue weighted by molar-refractivity contribution is 0.167. The van der Waals surface area contributed by atoms with E-state index in [9.17, 15) is 0 Å². The number of hydrogen-bond acceptors (Lipinski definition) is 2. The van der Waals surface area contributed by atoms with E-state index < -0.39 is 0 Å². The summed E-state index contributed by atoms with van der Waals surface area (Å²) in [6.45, 7) is 2.23. The Bertz CT molecular complexity index is 293. The van der Waals surface area contributed by atoms with Crippen molar-refractivity contribution in [2.75, 3.05) is 19.0 Å². The van der Waals surface area contributed by atoms with Crippen LogP contribution in [0.25, 0.3) is 0 Å². The van der Waals surface area contributed by atoms with Gasteiger partial charge in [-0.1, -0.05) is 25.3 Å². The quantitative estimate of drug-likeness (QED) is 0.702. The Labute approximate surface area is 114 Å². The Balaban J connectivity index is 1.82. The molecule has 1 aromatic rings. The van der Waals surface area contributed by atoms with E-state index in [2.05, 4.69) is 22.4 Å². The van der Waals surface area contributed by atoms with Crippen LogP contribution >= 0.6 is 22.9 Å². The van der Waals surface area contributed by atoms with Crippen molar-refractivity contribution < 1.29 is 0 Å². The molecule has 1 nitrogen and oxygen atoms in total. The monoisotopic (exact) mass is 271 g/mol. The molecule has 96 valence electrons. The Kier molecular flexibility index (Phi) is 5.82. The van der Waals surface area contributed by atoms with Crippen LogP contribution in [0.1, 0.15) is 37.0 Å². The minimum Gasteiger partial charge on any atom is -0.299 e. The van der Waals surface area contributed by atoms with Crippen LogP contribution in [0.3, 0.4) is 0 Å². The molecule has 1 aromatic heterocycles.